The number of carbonyl (C=O) groups excluding carboxylic acids is 1. The number of ether oxygens (including phenoxy) is 1. The van der Waals surface area contributed by atoms with E-state index in [4.69, 9.17) is 4.74 Å². The Balaban J connectivity index is 1.84. The van der Waals surface area contributed by atoms with Gasteiger partial charge in [-0.05, 0) is 24.1 Å². The van der Waals surface area contributed by atoms with Gasteiger partial charge in [-0.3, -0.25) is 9.69 Å². The Morgan fingerprint density at radius 3 is 2.17 bits per heavy atom. The Kier molecular flexibility index (Phi) is 8.05. The molecule has 0 saturated heterocycles. The van der Waals surface area contributed by atoms with Gasteiger partial charge in [0.2, 0.25) is 0 Å². The van der Waals surface area contributed by atoms with E-state index in [1.165, 1.54) is 18.4 Å². The van der Waals surface area contributed by atoms with Crippen molar-refractivity contribution in [1.82, 2.24) is 4.90 Å². The van der Waals surface area contributed by atoms with Crippen molar-refractivity contribution in [1.29, 1.82) is 0 Å². The van der Waals surface area contributed by atoms with Gasteiger partial charge in [-0.15, -0.1) is 0 Å². The van der Waals surface area contributed by atoms with Crippen molar-refractivity contribution in [2.24, 2.45) is 0 Å². The summed E-state index contributed by atoms with van der Waals surface area (Å²) in [5.41, 5.74) is 2.25. The van der Waals surface area contributed by atoms with Crippen LogP contribution in [0.15, 0.2) is 60.7 Å². The number of esters is 1. The summed E-state index contributed by atoms with van der Waals surface area (Å²) < 4.78 is 5.42. The van der Waals surface area contributed by atoms with Gasteiger partial charge in [-0.1, -0.05) is 80.4 Å². The van der Waals surface area contributed by atoms with E-state index in [-0.39, 0.29) is 5.97 Å². The number of rotatable bonds is 10. The van der Waals surface area contributed by atoms with Crippen LogP contribution in [0.3, 0.4) is 0 Å². The SMILES string of the molecule is CCCCCN(CC(=O)OCc1ccccc1)Cc1ccccc1. The summed E-state index contributed by atoms with van der Waals surface area (Å²) in [6.07, 6.45) is 3.47. The monoisotopic (exact) mass is 325 g/mol. The minimum Gasteiger partial charge on any atom is -0.460 e. The molecule has 0 unspecified atom stereocenters. The lowest BCUT2D eigenvalue weighted by Crippen LogP contribution is -2.31. The van der Waals surface area contributed by atoms with Crippen LogP contribution in [0.1, 0.15) is 37.3 Å². The van der Waals surface area contributed by atoms with Gasteiger partial charge in [-0.25, -0.2) is 0 Å². The second kappa shape index (κ2) is 10.6. The van der Waals surface area contributed by atoms with Gasteiger partial charge in [-0.2, -0.15) is 0 Å². The van der Waals surface area contributed by atoms with E-state index in [2.05, 4.69) is 24.0 Å². The molecular weight excluding hydrogens is 298 g/mol. The van der Waals surface area contributed by atoms with Crippen LogP contribution in [0, 0.1) is 0 Å². The minimum atomic E-state index is -0.161. The van der Waals surface area contributed by atoms with E-state index < -0.39 is 0 Å². The van der Waals surface area contributed by atoms with Gasteiger partial charge in [0, 0.05) is 6.54 Å². The van der Waals surface area contributed by atoms with E-state index in [1.54, 1.807) is 0 Å². The third-order valence-electron chi connectivity index (χ3n) is 3.92. The van der Waals surface area contributed by atoms with Crippen LogP contribution in [0.5, 0.6) is 0 Å². The number of benzene rings is 2. The Morgan fingerprint density at radius 2 is 1.54 bits per heavy atom. The predicted octanol–water partition coefficient (Wildman–Crippen LogP) is 4.42. The summed E-state index contributed by atoms with van der Waals surface area (Å²) >= 11 is 0. The molecule has 3 heteroatoms. The summed E-state index contributed by atoms with van der Waals surface area (Å²) in [5.74, 6) is -0.161. The zero-order chi connectivity index (χ0) is 17.0. The molecule has 24 heavy (non-hydrogen) atoms. The van der Waals surface area contributed by atoms with Crippen molar-refractivity contribution in [3.63, 3.8) is 0 Å². The molecule has 0 aliphatic rings. The molecule has 128 valence electrons. The van der Waals surface area contributed by atoms with Crippen molar-refractivity contribution in [2.45, 2.75) is 39.3 Å². The number of carbonyl (C=O) groups is 1. The highest BCUT2D eigenvalue weighted by Gasteiger charge is 2.12. The lowest BCUT2D eigenvalue weighted by molar-refractivity contribution is -0.146. The minimum absolute atomic E-state index is 0.161. The summed E-state index contributed by atoms with van der Waals surface area (Å²) in [7, 11) is 0. The first-order chi connectivity index (χ1) is 11.8. The first-order valence-electron chi connectivity index (χ1n) is 8.73. The zero-order valence-electron chi connectivity index (χ0n) is 14.5. The van der Waals surface area contributed by atoms with Crippen molar-refractivity contribution in [3.05, 3.63) is 71.8 Å². The van der Waals surface area contributed by atoms with Crippen LogP contribution in [-0.4, -0.2) is 24.0 Å². The van der Waals surface area contributed by atoms with E-state index >= 15 is 0 Å². The Hall–Kier alpha value is -2.13. The maximum atomic E-state index is 12.2. The molecule has 0 N–H and O–H groups in total. The number of nitrogens with zero attached hydrogens (tertiary/aromatic N) is 1. The van der Waals surface area contributed by atoms with Gasteiger partial charge in [0.1, 0.15) is 6.61 Å². The van der Waals surface area contributed by atoms with Gasteiger partial charge in [0.25, 0.3) is 0 Å². The average Bonchev–Trinajstić information content (AvgIpc) is 2.62. The fourth-order valence-corrected chi connectivity index (χ4v) is 2.61. The molecule has 0 spiro atoms. The molecular formula is C21H27NO2. The molecule has 0 bridgehead atoms. The molecule has 0 heterocycles. The number of hydrogen-bond acceptors (Lipinski definition) is 3. The van der Waals surface area contributed by atoms with Gasteiger partial charge >= 0.3 is 5.97 Å². The summed E-state index contributed by atoms with van der Waals surface area (Å²) in [5, 5.41) is 0. The van der Waals surface area contributed by atoms with Crippen LogP contribution in [0.2, 0.25) is 0 Å². The van der Waals surface area contributed by atoms with Crippen LogP contribution in [0.4, 0.5) is 0 Å². The first-order valence-corrected chi connectivity index (χ1v) is 8.73. The Labute approximate surface area is 145 Å². The summed E-state index contributed by atoms with van der Waals surface area (Å²) in [4.78, 5) is 14.4. The van der Waals surface area contributed by atoms with E-state index in [1.807, 2.05) is 48.5 Å². The van der Waals surface area contributed by atoms with E-state index in [0.717, 1.165) is 25.1 Å². The zero-order valence-corrected chi connectivity index (χ0v) is 14.5. The van der Waals surface area contributed by atoms with Crippen LogP contribution >= 0.6 is 0 Å². The van der Waals surface area contributed by atoms with Crippen molar-refractivity contribution in [3.8, 4) is 0 Å². The maximum Gasteiger partial charge on any atom is 0.320 e. The molecule has 3 nitrogen and oxygen atoms in total. The summed E-state index contributed by atoms with van der Waals surface area (Å²) in [6, 6.07) is 20.1. The van der Waals surface area contributed by atoms with Gasteiger partial charge in [0.15, 0.2) is 0 Å². The first kappa shape index (κ1) is 18.2. The lowest BCUT2D eigenvalue weighted by atomic mass is 10.2. The summed E-state index contributed by atoms with van der Waals surface area (Å²) in [6.45, 7) is 4.57. The van der Waals surface area contributed by atoms with Crippen LogP contribution < -0.4 is 0 Å². The topological polar surface area (TPSA) is 29.5 Å². The lowest BCUT2D eigenvalue weighted by Gasteiger charge is -2.21. The predicted molar refractivity (Wildman–Crippen MR) is 97.5 cm³/mol. The highest BCUT2D eigenvalue weighted by atomic mass is 16.5. The molecule has 2 aromatic rings. The fraction of sp³-hybridized carbons (Fsp3) is 0.381. The van der Waals surface area contributed by atoms with Crippen LogP contribution in [0.25, 0.3) is 0 Å². The quantitative estimate of drug-likeness (QED) is 0.478. The van der Waals surface area contributed by atoms with Gasteiger partial charge in [0.05, 0.1) is 6.54 Å². The third-order valence-corrected chi connectivity index (χ3v) is 3.92. The number of unbranched alkanes of at least 4 members (excludes halogenated alkanes) is 2. The standard InChI is InChI=1S/C21H27NO2/c1-2-3-10-15-22(16-19-11-6-4-7-12-19)17-21(23)24-18-20-13-8-5-9-14-20/h4-9,11-14H,2-3,10,15-18H2,1H3. The maximum absolute atomic E-state index is 12.2. The highest BCUT2D eigenvalue weighted by molar-refractivity contribution is 5.71. The molecule has 0 amide bonds. The second-order valence-corrected chi connectivity index (χ2v) is 6.05. The Morgan fingerprint density at radius 1 is 0.917 bits per heavy atom. The molecule has 2 rings (SSSR count). The third kappa shape index (κ3) is 6.97. The Bertz CT molecular complexity index is 583. The largest absolute Gasteiger partial charge is 0.460 e. The molecule has 0 atom stereocenters. The second-order valence-electron chi connectivity index (χ2n) is 6.05. The number of hydrogen-bond donors (Lipinski definition) is 0. The molecule has 0 aromatic heterocycles. The fourth-order valence-electron chi connectivity index (χ4n) is 2.61. The van der Waals surface area contributed by atoms with Crippen molar-refractivity contribution in [2.75, 3.05) is 13.1 Å². The molecule has 0 aliphatic heterocycles. The van der Waals surface area contributed by atoms with Gasteiger partial charge < -0.3 is 4.74 Å². The van der Waals surface area contributed by atoms with Crippen molar-refractivity contribution >= 4 is 5.97 Å². The average molecular weight is 325 g/mol. The molecule has 0 radical (unpaired) electrons. The molecule has 0 fully saturated rings. The molecule has 2 aromatic carbocycles. The normalized spacial score (nSPS) is 10.8. The smallest absolute Gasteiger partial charge is 0.320 e. The van der Waals surface area contributed by atoms with E-state index in [9.17, 15) is 4.79 Å². The molecule has 0 aliphatic carbocycles. The van der Waals surface area contributed by atoms with E-state index in [0.29, 0.717) is 13.2 Å². The van der Waals surface area contributed by atoms with Crippen LogP contribution in [-0.2, 0) is 22.7 Å². The van der Waals surface area contributed by atoms with Crippen molar-refractivity contribution < 1.29 is 9.53 Å². The molecule has 0 saturated carbocycles. The highest BCUT2D eigenvalue weighted by Crippen LogP contribution is 2.08.